The number of carbonyl (C=O) groups excluding carboxylic acids is 1. The lowest BCUT2D eigenvalue weighted by atomic mass is 10.1. The van der Waals surface area contributed by atoms with Crippen LogP contribution in [0.25, 0.3) is 22.3 Å². The van der Waals surface area contributed by atoms with Gasteiger partial charge >= 0.3 is 6.36 Å². The number of alkyl halides is 3. The number of halogens is 3. The topological polar surface area (TPSA) is 89.9 Å². The maximum atomic E-state index is 12.5. The summed E-state index contributed by atoms with van der Waals surface area (Å²) in [5, 5.41) is 2.70. The summed E-state index contributed by atoms with van der Waals surface area (Å²) in [6.07, 6.45) is -1.76. The van der Waals surface area contributed by atoms with Crippen LogP contribution in [0.1, 0.15) is 4.88 Å². The monoisotopic (exact) mass is 431 g/mol. The van der Waals surface area contributed by atoms with E-state index in [9.17, 15) is 18.0 Å². The Labute approximate surface area is 171 Å². The number of benzene rings is 1. The van der Waals surface area contributed by atoms with Gasteiger partial charge in [0, 0.05) is 16.6 Å². The van der Waals surface area contributed by atoms with Crippen LogP contribution in [0.5, 0.6) is 5.75 Å². The van der Waals surface area contributed by atoms with Crippen LogP contribution in [0.15, 0.2) is 54.4 Å². The Balaban J connectivity index is 1.64. The molecule has 7 nitrogen and oxygen atoms in total. The first-order chi connectivity index (χ1) is 14.4. The van der Waals surface area contributed by atoms with Gasteiger partial charge in [0.05, 0.1) is 23.1 Å². The van der Waals surface area contributed by atoms with E-state index in [1.807, 2.05) is 0 Å². The predicted octanol–water partition coefficient (Wildman–Crippen LogP) is 4.23. The van der Waals surface area contributed by atoms with Gasteiger partial charge < -0.3 is 10.1 Å². The van der Waals surface area contributed by atoms with Gasteiger partial charge in [-0.05, 0) is 24.3 Å². The molecule has 0 unspecified atom stereocenters. The fourth-order valence-electron chi connectivity index (χ4n) is 2.71. The molecule has 1 amide bonds. The van der Waals surface area contributed by atoms with Crippen LogP contribution in [-0.2, 0) is 11.2 Å². The smallest absolute Gasteiger partial charge is 0.406 e. The zero-order valence-electron chi connectivity index (χ0n) is 15.1. The van der Waals surface area contributed by atoms with Crippen LogP contribution in [0.3, 0.4) is 0 Å². The van der Waals surface area contributed by atoms with Crippen molar-refractivity contribution in [2.24, 2.45) is 0 Å². The number of rotatable bonds is 5. The molecular formula is C19H12F3N5O2S. The van der Waals surface area contributed by atoms with Gasteiger partial charge in [-0.1, -0.05) is 12.1 Å². The van der Waals surface area contributed by atoms with Crippen molar-refractivity contribution in [1.82, 2.24) is 19.9 Å². The Hall–Kier alpha value is -3.60. The number of thiazole rings is 1. The van der Waals surface area contributed by atoms with Crippen molar-refractivity contribution >= 4 is 34.1 Å². The van der Waals surface area contributed by atoms with Crippen LogP contribution in [0.2, 0.25) is 0 Å². The number of anilines is 1. The SMILES string of the molecule is O=C(Cc1cncs1)Nc1ncnc2ccc(-c3cccc(OC(F)(F)F)c3)nc12. The third-order valence-corrected chi connectivity index (χ3v) is 4.70. The van der Waals surface area contributed by atoms with E-state index in [4.69, 9.17) is 0 Å². The standard InChI is InChI=1S/C19H12F3N5O2S/c20-19(21,22)29-12-3-1-2-11(6-12)14-4-5-15-17(26-14)18(25-9-24-15)27-16(28)7-13-8-23-10-30-13/h1-6,8-10H,7H2,(H,24,25,27,28). The van der Waals surface area contributed by atoms with Crippen molar-refractivity contribution in [2.75, 3.05) is 5.32 Å². The minimum absolute atomic E-state index is 0.132. The molecule has 0 radical (unpaired) electrons. The van der Waals surface area contributed by atoms with E-state index < -0.39 is 6.36 Å². The summed E-state index contributed by atoms with van der Waals surface area (Å²) < 4.78 is 41.5. The lowest BCUT2D eigenvalue weighted by Gasteiger charge is -2.11. The zero-order valence-corrected chi connectivity index (χ0v) is 15.9. The number of hydrogen-bond acceptors (Lipinski definition) is 7. The van der Waals surface area contributed by atoms with E-state index in [0.717, 1.165) is 4.88 Å². The van der Waals surface area contributed by atoms with Gasteiger partial charge in [-0.15, -0.1) is 24.5 Å². The van der Waals surface area contributed by atoms with Gasteiger partial charge in [0.25, 0.3) is 0 Å². The van der Waals surface area contributed by atoms with E-state index in [1.165, 1.54) is 35.9 Å². The second-order valence-electron chi connectivity index (χ2n) is 6.05. The third kappa shape index (κ3) is 4.69. The van der Waals surface area contributed by atoms with Gasteiger partial charge in [-0.25, -0.2) is 15.0 Å². The Kier molecular flexibility index (Phi) is 5.27. The molecule has 3 aromatic heterocycles. The molecule has 4 rings (SSSR count). The molecular weight excluding hydrogens is 419 g/mol. The Morgan fingerprint density at radius 1 is 1.17 bits per heavy atom. The molecule has 11 heteroatoms. The number of aromatic nitrogens is 4. The number of amides is 1. The van der Waals surface area contributed by atoms with Gasteiger partial charge in [-0.3, -0.25) is 9.78 Å². The summed E-state index contributed by atoms with van der Waals surface area (Å²) in [4.78, 5) is 29.7. The molecule has 0 aliphatic heterocycles. The molecule has 0 bridgehead atoms. The second-order valence-corrected chi connectivity index (χ2v) is 7.03. The largest absolute Gasteiger partial charge is 0.573 e. The highest BCUT2D eigenvalue weighted by Gasteiger charge is 2.31. The minimum Gasteiger partial charge on any atom is -0.406 e. The van der Waals surface area contributed by atoms with Crippen LogP contribution in [0, 0.1) is 0 Å². The maximum Gasteiger partial charge on any atom is 0.573 e. The zero-order chi connectivity index (χ0) is 21.1. The molecule has 0 spiro atoms. The van der Waals surface area contributed by atoms with E-state index in [1.54, 1.807) is 29.9 Å². The molecule has 1 N–H and O–H groups in total. The quantitative estimate of drug-likeness (QED) is 0.509. The van der Waals surface area contributed by atoms with E-state index in [2.05, 4.69) is 30.0 Å². The lowest BCUT2D eigenvalue weighted by Crippen LogP contribution is -2.17. The second kappa shape index (κ2) is 8.03. The Morgan fingerprint density at radius 3 is 2.80 bits per heavy atom. The number of hydrogen-bond donors (Lipinski definition) is 1. The molecule has 0 saturated heterocycles. The van der Waals surface area contributed by atoms with Crippen LogP contribution in [0.4, 0.5) is 19.0 Å². The van der Waals surface area contributed by atoms with Gasteiger partial charge in [0.1, 0.15) is 17.6 Å². The number of pyridine rings is 1. The summed E-state index contributed by atoms with van der Waals surface area (Å²) in [5.41, 5.74) is 3.21. The van der Waals surface area contributed by atoms with Crippen molar-refractivity contribution in [1.29, 1.82) is 0 Å². The average Bonchev–Trinajstić information content (AvgIpc) is 3.20. The number of ether oxygens (including phenoxy) is 1. The first-order valence-electron chi connectivity index (χ1n) is 8.52. The highest BCUT2D eigenvalue weighted by atomic mass is 32.1. The summed E-state index contributed by atoms with van der Waals surface area (Å²) in [6.45, 7) is 0. The molecule has 0 saturated carbocycles. The highest BCUT2D eigenvalue weighted by Crippen LogP contribution is 2.29. The van der Waals surface area contributed by atoms with Crippen LogP contribution < -0.4 is 10.1 Å². The number of nitrogens with zero attached hydrogens (tertiary/aromatic N) is 4. The Morgan fingerprint density at radius 2 is 2.03 bits per heavy atom. The van der Waals surface area contributed by atoms with Crippen LogP contribution >= 0.6 is 11.3 Å². The molecule has 0 aliphatic rings. The minimum atomic E-state index is -4.79. The van der Waals surface area contributed by atoms with Gasteiger partial charge in [0.2, 0.25) is 5.91 Å². The lowest BCUT2D eigenvalue weighted by molar-refractivity contribution is -0.274. The van der Waals surface area contributed by atoms with Crippen molar-refractivity contribution in [3.63, 3.8) is 0 Å². The van der Waals surface area contributed by atoms with Crippen molar-refractivity contribution in [2.45, 2.75) is 12.8 Å². The van der Waals surface area contributed by atoms with Crippen molar-refractivity contribution in [3.05, 3.63) is 59.3 Å². The van der Waals surface area contributed by atoms with E-state index >= 15 is 0 Å². The summed E-state index contributed by atoms with van der Waals surface area (Å²) >= 11 is 1.36. The van der Waals surface area contributed by atoms with E-state index in [0.29, 0.717) is 22.3 Å². The summed E-state index contributed by atoms with van der Waals surface area (Å²) in [5.74, 6) is -0.449. The Bertz CT molecular complexity index is 1200. The normalized spacial score (nSPS) is 11.4. The van der Waals surface area contributed by atoms with Crippen molar-refractivity contribution < 1.29 is 22.7 Å². The molecule has 152 valence electrons. The summed E-state index contributed by atoms with van der Waals surface area (Å²) in [7, 11) is 0. The maximum absolute atomic E-state index is 12.5. The van der Waals surface area contributed by atoms with Crippen molar-refractivity contribution in [3.8, 4) is 17.0 Å². The molecule has 4 aromatic rings. The number of nitrogens with one attached hydrogen (secondary N) is 1. The molecule has 0 atom stereocenters. The first kappa shape index (κ1) is 19.7. The van der Waals surface area contributed by atoms with Crippen LogP contribution in [-0.4, -0.2) is 32.2 Å². The average molecular weight is 431 g/mol. The highest BCUT2D eigenvalue weighted by molar-refractivity contribution is 7.09. The summed E-state index contributed by atoms with van der Waals surface area (Å²) in [6, 6.07) is 8.73. The third-order valence-electron chi connectivity index (χ3n) is 3.92. The van der Waals surface area contributed by atoms with Gasteiger partial charge in [0.15, 0.2) is 5.82 Å². The van der Waals surface area contributed by atoms with E-state index in [-0.39, 0.29) is 23.9 Å². The fraction of sp³-hybridized carbons (Fsp3) is 0.105. The number of carbonyl (C=O) groups is 1. The fourth-order valence-corrected chi connectivity index (χ4v) is 3.30. The molecule has 0 fully saturated rings. The first-order valence-corrected chi connectivity index (χ1v) is 9.40. The molecule has 30 heavy (non-hydrogen) atoms. The van der Waals surface area contributed by atoms with Gasteiger partial charge in [-0.2, -0.15) is 0 Å². The molecule has 3 heterocycles. The molecule has 0 aliphatic carbocycles. The number of fused-ring (bicyclic) bond motifs is 1. The molecule has 1 aromatic carbocycles. The predicted molar refractivity (Wildman–Crippen MR) is 104 cm³/mol.